The van der Waals surface area contributed by atoms with Gasteiger partial charge in [-0.2, -0.15) is 10.2 Å². The highest BCUT2D eigenvalue weighted by atomic mass is 16.5. The Labute approximate surface area is 168 Å². The predicted molar refractivity (Wildman–Crippen MR) is 112 cm³/mol. The molecule has 0 fully saturated rings. The number of fused-ring (bicyclic) bond motifs is 1. The first-order valence-corrected chi connectivity index (χ1v) is 10.5. The van der Waals surface area contributed by atoms with Crippen molar-refractivity contribution >= 4 is 5.97 Å². The van der Waals surface area contributed by atoms with Crippen LogP contribution >= 0.6 is 0 Å². The zero-order valence-corrected chi connectivity index (χ0v) is 16.8. The number of nitrogens with zero attached hydrogens (tertiary/aromatic N) is 2. The number of hydrogen-bond acceptors (Lipinski definition) is 4. The minimum absolute atomic E-state index is 0.0103. The molecular weight excluding hydrogens is 348 g/mol. The summed E-state index contributed by atoms with van der Waals surface area (Å²) in [6.07, 6.45) is 11.4. The molecule has 2 heterocycles. The molecule has 0 N–H and O–H groups in total. The van der Waals surface area contributed by atoms with Crippen LogP contribution in [0.15, 0.2) is 43.0 Å². The number of carbonyl (C=O) groups excluding carboxylic acids is 1. The highest BCUT2D eigenvalue weighted by Crippen LogP contribution is 2.33. The molecule has 1 aromatic heterocycles. The lowest BCUT2D eigenvalue weighted by atomic mass is 9.90. The lowest BCUT2D eigenvalue weighted by molar-refractivity contribution is -0.140. The Morgan fingerprint density at radius 3 is 2.75 bits per heavy atom. The number of unbranched alkanes of at least 4 members (excludes halogenated alkanes) is 4. The molecule has 148 valence electrons. The van der Waals surface area contributed by atoms with Crippen molar-refractivity contribution in [2.75, 3.05) is 0 Å². The second-order valence-corrected chi connectivity index (χ2v) is 7.58. The first-order valence-electron chi connectivity index (χ1n) is 10.5. The van der Waals surface area contributed by atoms with E-state index in [1.165, 1.54) is 25.7 Å². The summed E-state index contributed by atoms with van der Waals surface area (Å²) in [4.78, 5) is 12.4. The molecule has 1 aliphatic heterocycles. The average molecular weight is 379 g/mol. The van der Waals surface area contributed by atoms with Crippen LogP contribution in [-0.2, 0) is 17.6 Å². The lowest BCUT2D eigenvalue weighted by Crippen LogP contribution is -2.27. The van der Waals surface area contributed by atoms with E-state index in [4.69, 9.17) is 4.74 Å². The Kier molecular flexibility index (Phi) is 7.35. The molecule has 4 nitrogen and oxygen atoms in total. The molecule has 4 heteroatoms. The maximum absolute atomic E-state index is 12.4. The van der Waals surface area contributed by atoms with E-state index in [2.05, 4.69) is 29.8 Å². The van der Waals surface area contributed by atoms with Crippen molar-refractivity contribution in [3.05, 3.63) is 54.2 Å². The summed E-state index contributed by atoms with van der Waals surface area (Å²) < 4.78 is 5.66. The molecule has 28 heavy (non-hydrogen) atoms. The van der Waals surface area contributed by atoms with Crippen LogP contribution in [0.25, 0.3) is 11.3 Å². The maximum Gasteiger partial charge on any atom is 0.314 e. The number of carbonyl (C=O) groups is 1. The van der Waals surface area contributed by atoms with Gasteiger partial charge in [-0.25, -0.2) is 0 Å². The number of benzene rings is 1. The Bertz CT molecular complexity index is 799. The summed E-state index contributed by atoms with van der Waals surface area (Å²) >= 11 is 0. The number of aryl methyl sites for hydroxylation is 1. The van der Waals surface area contributed by atoms with E-state index in [-0.39, 0.29) is 11.9 Å². The van der Waals surface area contributed by atoms with Gasteiger partial charge in [0.1, 0.15) is 5.75 Å². The van der Waals surface area contributed by atoms with Crippen molar-refractivity contribution in [3.8, 4) is 17.0 Å². The predicted octanol–water partition coefficient (Wildman–Crippen LogP) is 5.70. The molecule has 0 aliphatic carbocycles. The Hall–Kier alpha value is -2.49. The maximum atomic E-state index is 12.4. The summed E-state index contributed by atoms with van der Waals surface area (Å²) in [6, 6.07) is 9.99. The van der Waals surface area contributed by atoms with Crippen LogP contribution in [0.5, 0.6) is 5.75 Å². The Balaban J connectivity index is 1.63. The number of esters is 1. The molecule has 1 aliphatic rings. The smallest absolute Gasteiger partial charge is 0.314 e. The van der Waals surface area contributed by atoms with E-state index in [0.29, 0.717) is 5.75 Å². The third-order valence-corrected chi connectivity index (χ3v) is 5.35. The average Bonchev–Trinajstić information content (AvgIpc) is 2.72. The molecule has 1 aromatic carbocycles. The zero-order chi connectivity index (χ0) is 19.8. The van der Waals surface area contributed by atoms with Gasteiger partial charge in [0.25, 0.3) is 0 Å². The van der Waals surface area contributed by atoms with E-state index < -0.39 is 0 Å². The van der Waals surface area contributed by atoms with Crippen LogP contribution < -0.4 is 4.74 Å². The van der Waals surface area contributed by atoms with Gasteiger partial charge in [0.2, 0.25) is 0 Å². The van der Waals surface area contributed by atoms with Gasteiger partial charge < -0.3 is 4.74 Å². The normalized spacial score (nSPS) is 15.8. The van der Waals surface area contributed by atoms with Crippen molar-refractivity contribution < 1.29 is 9.53 Å². The van der Waals surface area contributed by atoms with Crippen LogP contribution in [0, 0.1) is 5.92 Å². The summed E-state index contributed by atoms with van der Waals surface area (Å²) in [5, 5.41) is 8.61. The van der Waals surface area contributed by atoms with E-state index in [1.807, 2.05) is 30.3 Å². The largest absolute Gasteiger partial charge is 0.426 e. The second kappa shape index (κ2) is 10.2. The number of allylic oxidation sites excluding steroid dienone is 1. The van der Waals surface area contributed by atoms with Gasteiger partial charge in [0.15, 0.2) is 0 Å². The topological polar surface area (TPSA) is 52.1 Å². The molecule has 0 saturated carbocycles. The second-order valence-electron chi connectivity index (χ2n) is 7.58. The SMILES string of the molecule is C=CCCc1ccc(-c2ccc3c(c2)OC(=O)C(CCCCCCC)C3)nn1. The number of aromatic nitrogens is 2. The van der Waals surface area contributed by atoms with Gasteiger partial charge in [0.05, 0.1) is 17.3 Å². The molecule has 0 bridgehead atoms. The van der Waals surface area contributed by atoms with Crippen LogP contribution in [-0.4, -0.2) is 16.2 Å². The molecule has 0 spiro atoms. The van der Waals surface area contributed by atoms with E-state index in [1.54, 1.807) is 0 Å². The van der Waals surface area contributed by atoms with Gasteiger partial charge in [-0.1, -0.05) is 57.2 Å². The molecular formula is C24H30N2O2. The van der Waals surface area contributed by atoms with Crippen molar-refractivity contribution in [2.45, 2.75) is 64.7 Å². The molecule has 0 radical (unpaired) electrons. The molecule has 1 atom stereocenters. The Morgan fingerprint density at radius 2 is 2.00 bits per heavy atom. The fourth-order valence-electron chi connectivity index (χ4n) is 3.63. The van der Waals surface area contributed by atoms with Gasteiger partial charge in [-0.05, 0) is 49.4 Å². The van der Waals surface area contributed by atoms with Crippen LogP contribution in [0.1, 0.15) is 63.1 Å². The van der Waals surface area contributed by atoms with Crippen molar-refractivity contribution in [3.63, 3.8) is 0 Å². The van der Waals surface area contributed by atoms with Crippen molar-refractivity contribution in [2.24, 2.45) is 5.92 Å². The first-order chi connectivity index (χ1) is 13.7. The molecule has 1 unspecified atom stereocenters. The molecule has 0 saturated heterocycles. The molecule has 0 amide bonds. The number of hydrogen-bond donors (Lipinski definition) is 0. The minimum Gasteiger partial charge on any atom is -0.426 e. The van der Waals surface area contributed by atoms with E-state index in [9.17, 15) is 4.79 Å². The van der Waals surface area contributed by atoms with Gasteiger partial charge in [0, 0.05) is 5.56 Å². The van der Waals surface area contributed by atoms with Gasteiger partial charge >= 0.3 is 5.97 Å². The lowest BCUT2D eigenvalue weighted by Gasteiger charge is -2.23. The fraction of sp³-hybridized carbons (Fsp3) is 0.458. The monoisotopic (exact) mass is 378 g/mol. The van der Waals surface area contributed by atoms with Crippen molar-refractivity contribution in [1.29, 1.82) is 0 Å². The zero-order valence-electron chi connectivity index (χ0n) is 16.8. The summed E-state index contributed by atoms with van der Waals surface area (Å²) in [5.41, 5.74) is 3.78. The fourth-order valence-corrected chi connectivity index (χ4v) is 3.63. The third kappa shape index (κ3) is 5.28. The number of ether oxygens (including phenoxy) is 1. The highest BCUT2D eigenvalue weighted by molar-refractivity contribution is 5.79. The van der Waals surface area contributed by atoms with Crippen LogP contribution in [0.2, 0.25) is 0 Å². The van der Waals surface area contributed by atoms with Gasteiger partial charge in [-0.15, -0.1) is 6.58 Å². The first kappa shape index (κ1) is 20.2. The van der Waals surface area contributed by atoms with Crippen LogP contribution in [0.4, 0.5) is 0 Å². The van der Waals surface area contributed by atoms with E-state index in [0.717, 1.165) is 54.6 Å². The van der Waals surface area contributed by atoms with E-state index >= 15 is 0 Å². The standard InChI is InChI=1S/C24H30N2O2/c1-3-5-7-8-9-10-20-16-19-13-12-18(17-23(19)28-24(20)27)22-15-14-21(25-26-22)11-6-4-2/h4,12-15,17,20H,2-3,5-11,16H2,1H3. The summed E-state index contributed by atoms with van der Waals surface area (Å²) in [7, 11) is 0. The van der Waals surface area contributed by atoms with Crippen molar-refractivity contribution in [1.82, 2.24) is 10.2 Å². The molecule has 2 aromatic rings. The highest BCUT2D eigenvalue weighted by Gasteiger charge is 2.28. The minimum atomic E-state index is -0.0917. The number of rotatable bonds is 10. The summed E-state index contributed by atoms with van der Waals surface area (Å²) in [6.45, 7) is 5.95. The third-order valence-electron chi connectivity index (χ3n) is 5.35. The quantitative estimate of drug-likeness (QED) is 0.230. The Morgan fingerprint density at radius 1 is 1.14 bits per heavy atom. The van der Waals surface area contributed by atoms with Gasteiger partial charge in [-0.3, -0.25) is 4.79 Å². The summed E-state index contributed by atoms with van der Waals surface area (Å²) in [5.74, 6) is 0.567. The molecule has 3 rings (SSSR count). The van der Waals surface area contributed by atoms with Crippen LogP contribution in [0.3, 0.4) is 0 Å².